The van der Waals surface area contributed by atoms with E-state index < -0.39 is 0 Å². The summed E-state index contributed by atoms with van der Waals surface area (Å²) in [6, 6.07) is 17.5. The fourth-order valence-electron chi connectivity index (χ4n) is 4.85. The number of aromatic nitrogens is 2. The summed E-state index contributed by atoms with van der Waals surface area (Å²) in [6.07, 6.45) is 11.3. The van der Waals surface area contributed by atoms with E-state index in [4.69, 9.17) is 0 Å². The highest BCUT2D eigenvalue weighted by Gasteiger charge is 2.30. The number of aromatic amines is 2. The summed E-state index contributed by atoms with van der Waals surface area (Å²) in [5, 5.41) is 2.76. The smallest absolute Gasteiger partial charge is 0.0457 e. The van der Waals surface area contributed by atoms with Crippen molar-refractivity contribution in [3.05, 3.63) is 72.1 Å². The fraction of sp³-hybridized carbons (Fsp3) is 0.304. The molecule has 25 heavy (non-hydrogen) atoms. The third-order valence-electron chi connectivity index (χ3n) is 6.03. The summed E-state index contributed by atoms with van der Waals surface area (Å²) in [5.74, 6) is 1.19. The summed E-state index contributed by atoms with van der Waals surface area (Å²) in [4.78, 5) is 7.02. The first-order valence-electron chi connectivity index (χ1n) is 9.54. The Morgan fingerprint density at radius 2 is 1.20 bits per heavy atom. The van der Waals surface area contributed by atoms with Gasteiger partial charge in [-0.1, -0.05) is 55.7 Å². The van der Waals surface area contributed by atoms with Gasteiger partial charge in [0.05, 0.1) is 0 Å². The van der Waals surface area contributed by atoms with Gasteiger partial charge in [-0.3, -0.25) is 0 Å². The zero-order valence-electron chi connectivity index (χ0n) is 14.5. The molecule has 1 fully saturated rings. The molecule has 0 bridgehead atoms. The molecule has 0 atom stereocenters. The third-order valence-corrected chi connectivity index (χ3v) is 6.03. The summed E-state index contributed by atoms with van der Waals surface area (Å²) < 4.78 is 0. The standard InChI is InChI=1S/C23H24N2/c1-2-8-16(9-3-1)23(19-14-24-21-12-6-4-10-17(19)21)20-15-25-22-13-7-5-11-18(20)22/h4-7,10-16,23-25H,1-3,8-9H2. The second-order valence-electron chi connectivity index (χ2n) is 7.45. The van der Waals surface area contributed by atoms with Crippen LogP contribution in [0.25, 0.3) is 21.8 Å². The first-order chi connectivity index (χ1) is 12.4. The molecule has 1 aliphatic rings. The van der Waals surface area contributed by atoms with Crippen molar-refractivity contribution in [2.75, 3.05) is 0 Å². The molecule has 2 heterocycles. The summed E-state index contributed by atoms with van der Waals surface area (Å²) in [6.45, 7) is 0. The van der Waals surface area contributed by atoms with Gasteiger partial charge in [0.2, 0.25) is 0 Å². The Labute approximate surface area is 148 Å². The van der Waals surface area contributed by atoms with Gasteiger partial charge in [-0.15, -0.1) is 0 Å². The normalized spacial score (nSPS) is 16.2. The monoisotopic (exact) mass is 328 g/mol. The molecule has 2 nitrogen and oxygen atoms in total. The number of benzene rings is 2. The van der Waals surface area contributed by atoms with E-state index in [2.05, 4.69) is 70.9 Å². The van der Waals surface area contributed by atoms with Gasteiger partial charge < -0.3 is 9.97 Å². The fourth-order valence-corrected chi connectivity index (χ4v) is 4.85. The number of rotatable bonds is 3. The number of hydrogen-bond acceptors (Lipinski definition) is 0. The molecular formula is C23H24N2. The summed E-state index contributed by atoms with van der Waals surface area (Å²) >= 11 is 0. The predicted molar refractivity (Wildman–Crippen MR) is 105 cm³/mol. The van der Waals surface area contributed by atoms with E-state index in [0.29, 0.717) is 5.92 Å². The SMILES string of the molecule is c1ccc2c(C(c3c[nH]c4ccccc34)C3CCCCC3)c[nH]c2c1. The zero-order valence-corrected chi connectivity index (χ0v) is 14.5. The molecule has 0 amide bonds. The van der Waals surface area contributed by atoms with E-state index in [-0.39, 0.29) is 0 Å². The summed E-state index contributed by atoms with van der Waals surface area (Å²) in [7, 11) is 0. The van der Waals surface area contributed by atoms with Gasteiger partial charge in [0, 0.05) is 40.1 Å². The highest BCUT2D eigenvalue weighted by molar-refractivity contribution is 5.88. The maximum Gasteiger partial charge on any atom is 0.0457 e. The number of nitrogens with one attached hydrogen (secondary N) is 2. The summed E-state index contributed by atoms with van der Waals surface area (Å²) in [5.41, 5.74) is 5.43. The van der Waals surface area contributed by atoms with E-state index in [0.717, 1.165) is 5.92 Å². The van der Waals surface area contributed by atoms with E-state index in [1.165, 1.54) is 65.0 Å². The van der Waals surface area contributed by atoms with Crippen molar-refractivity contribution in [3.8, 4) is 0 Å². The van der Waals surface area contributed by atoms with Gasteiger partial charge >= 0.3 is 0 Å². The second kappa shape index (κ2) is 6.11. The van der Waals surface area contributed by atoms with Crippen LogP contribution in [0.2, 0.25) is 0 Å². The highest BCUT2D eigenvalue weighted by atomic mass is 14.7. The van der Waals surface area contributed by atoms with Crippen molar-refractivity contribution < 1.29 is 0 Å². The molecule has 4 aromatic rings. The molecule has 2 heteroatoms. The number of hydrogen-bond donors (Lipinski definition) is 2. The van der Waals surface area contributed by atoms with Crippen LogP contribution in [0.3, 0.4) is 0 Å². The molecule has 2 aromatic heterocycles. The largest absolute Gasteiger partial charge is 0.361 e. The van der Waals surface area contributed by atoms with Crippen LogP contribution in [0, 0.1) is 5.92 Å². The Balaban J connectivity index is 1.71. The molecule has 0 spiro atoms. The van der Waals surface area contributed by atoms with E-state index >= 15 is 0 Å². The Bertz CT molecular complexity index is 927. The Morgan fingerprint density at radius 1 is 0.680 bits per heavy atom. The minimum absolute atomic E-state index is 0.465. The third kappa shape index (κ3) is 2.48. The molecule has 2 aromatic carbocycles. The molecular weight excluding hydrogens is 304 g/mol. The predicted octanol–water partition coefficient (Wildman–Crippen LogP) is 6.36. The lowest BCUT2D eigenvalue weighted by atomic mass is 9.73. The van der Waals surface area contributed by atoms with Crippen molar-refractivity contribution in [2.45, 2.75) is 38.0 Å². The highest BCUT2D eigenvalue weighted by Crippen LogP contribution is 2.44. The van der Waals surface area contributed by atoms with Gasteiger partial charge in [0.25, 0.3) is 0 Å². The maximum atomic E-state index is 3.51. The van der Waals surface area contributed by atoms with Crippen molar-refractivity contribution in [1.82, 2.24) is 9.97 Å². The van der Waals surface area contributed by atoms with Gasteiger partial charge in [0.15, 0.2) is 0 Å². The lowest BCUT2D eigenvalue weighted by molar-refractivity contribution is 0.329. The Hall–Kier alpha value is -2.48. The molecule has 0 radical (unpaired) electrons. The van der Waals surface area contributed by atoms with E-state index in [1.54, 1.807) is 0 Å². The van der Waals surface area contributed by atoms with Crippen LogP contribution in [-0.2, 0) is 0 Å². The lowest BCUT2D eigenvalue weighted by Gasteiger charge is -2.30. The van der Waals surface area contributed by atoms with Crippen LogP contribution in [0.4, 0.5) is 0 Å². The van der Waals surface area contributed by atoms with Crippen LogP contribution >= 0.6 is 0 Å². The Morgan fingerprint density at radius 3 is 1.76 bits per heavy atom. The number of fused-ring (bicyclic) bond motifs is 2. The molecule has 0 aliphatic heterocycles. The Kier molecular flexibility index (Phi) is 3.62. The van der Waals surface area contributed by atoms with Crippen LogP contribution in [-0.4, -0.2) is 9.97 Å². The minimum atomic E-state index is 0.465. The molecule has 126 valence electrons. The maximum absolute atomic E-state index is 3.51. The van der Waals surface area contributed by atoms with Crippen molar-refractivity contribution in [2.24, 2.45) is 5.92 Å². The average molecular weight is 328 g/mol. The van der Waals surface area contributed by atoms with Crippen LogP contribution < -0.4 is 0 Å². The number of para-hydroxylation sites is 2. The lowest BCUT2D eigenvalue weighted by Crippen LogP contribution is -2.17. The second-order valence-corrected chi connectivity index (χ2v) is 7.45. The first kappa shape index (κ1) is 14.8. The van der Waals surface area contributed by atoms with Gasteiger partial charge in [0.1, 0.15) is 0 Å². The van der Waals surface area contributed by atoms with Gasteiger partial charge in [-0.05, 0) is 42.0 Å². The zero-order chi connectivity index (χ0) is 16.6. The van der Waals surface area contributed by atoms with E-state index in [1.807, 2.05) is 0 Å². The van der Waals surface area contributed by atoms with Crippen LogP contribution in [0.5, 0.6) is 0 Å². The quantitative estimate of drug-likeness (QED) is 0.438. The van der Waals surface area contributed by atoms with Crippen LogP contribution in [0.15, 0.2) is 60.9 Å². The molecule has 2 N–H and O–H groups in total. The molecule has 5 rings (SSSR count). The van der Waals surface area contributed by atoms with Gasteiger partial charge in [-0.2, -0.15) is 0 Å². The van der Waals surface area contributed by atoms with Crippen molar-refractivity contribution in [1.29, 1.82) is 0 Å². The minimum Gasteiger partial charge on any atom is -0.361 e. The number of H-pyrrole nitrogens is 2. The van der Waals surface area contributed by atoms with Crippen molar-refractivity contribution >= 4 is 21.8 Å². The van der Waals surface area contributed by atoms with Crippen molar-refractivity contribution in [3.63, 3.8) is 0 Å². The van der Waals surface area contributed by atoms with E-state index in [9.17, 15) is 0 Å². The first-order valence-corrected chi connectivity index (χ1v) is 9.54. The molecule has 1 saturated carbocycles. The molecule has 0 unspecified atom stereocenters. The molecule has 1 aliphatic carbocycles. The van der Waals surface area contributed by atoms with Crippen LogP contribution in [0.1, 0.15) is 49.1 Å². The topological polar surface area (TPSA) is 31.6 Å². The average Bonchev–Trinajstić information content (AvgIpc) is 3.29. The molecule has 0 saturated heterocycles. The van der Waals surface area contributed by atoms with Gasteiger partial charge in [-0.25, -0.2) is 0 Å².